The average molecular weight is 335 g/mol. The van der Waals surface area contributed by atoms with Crippen molar-refractivity contribution in [2.75, 3.05) is 6.54 Å². The zero-order chi connectivity index (χ0) is 17.9. The van der Waals surface area contributed by atoms with Gasteiger partial charge < -0.3 is 14.8 Å². The molecule has 126 valence electrons. The number of amides is 1. The molecule has 0 saturated heterocycles. The maximum Gasteiger partial charge on any atom is 0.279 e. The number of carbonyl (C=O) groups is 1. The lowest BCUT2D eigenvalue weighted by Crippen LogP contribution is -2.28. The van der Waals surface area contributed by atoms with Crippen LogP contribution in [0.3, 0.4) is 0 Å². The van der Waals surface area contributed by atoms with E-state index in [-0.39, 0.29) is 23.4 Å². The second-order valence-electron chi connectivity index (χ2n) is 4.89. The molecule has 1 aromatic carbocycles. The Morgan fingerprint density at radius 2 is 1.88 bits per heavy atom. The third-order valence-electron chi connectivity index (χ3n) is 3.34. The Hall–Kier alpha value is -3.27. The van der Waals surface area contributed by atoms with Gasteiger partial charge >= 0.3 is 0 Å². The molecule has 0 spiro atoms. The molecule has 0 aliphatic heterocycles. The lowest BCUT2D eigenvalue weighted by Gasteiger charge is -2.10. The fourth-order valence-electron chi connectivity index (χ4n) is 2.07. The molecule has 0 fully saturated rings. The zero-order valence-corrected chi connectivity index (χ0v) is 12.5. The van der Waals surface area contributed by atoms with Crippen molar-refractivity contribution in [1.29, 1.82) is 0 Å². The number of nitrogens with zero attached hydrogens (tertiary/aromatic N) is 2. The summed E-state index contributed by atoms with van der Waals surface area (Å²) in [6.07, 6.45) is 0.243. The van der Waals surface area contributed by atoms with E-state index in [1.807, 2.05) is 0 Å². The lowest BCUT2D eigenvalue weighted by molar-refractivity contribution is -0.395. The number of aliphatic hydroxyl groups excluding tert-OH is 1. The van der Waals surface area contributed by atoms with E-state index in [2.05, 4.69) is 5.32 Å². The quantitative estimate of drug-likeness (QED) is 0.604. The minimum Gasteiger partial charge on any atom is -0.467 e. The van der Waals surface area contributed by atoms with Gasteiger partial charge in [0.25, 0.3) is 17.3 Å². The highest BCUT2D eigenvalue weighted by molar-refractivity contribution is 5.96. The van der Waals surface area contributed by atoms with E-state index >= 15 is 0 Å². The number of nitrogens with one attached hydrogen (secondary N) is 1. The van der Waals surface area contributed by atoms with Gasteiger partial charge in [-0.05, 0) is 19.1 Å². The van der Waals surface area contributed by atoms with Crippen LogP contribution in [-0.2, 0) is 0 Å². The van der Waals surface area contributed by atoms with Crippen LogP contribution in [0.1, 0.15) is 27.8 Å². The molecular weight excluding hydrogens is 322 g/mol. The molecule has 2 rings (SSSR count). The Morgan fingerprint density at radius 1 is 1.29 bits per heavy atom. The van der Waals surface area contributed by atoms with Crippen LogP contribution in [0.25, 0.3) is 0 Å². The first-order valence-corrected chi connectivity index (χ1v) is 6.74. The van der Waals surface area contributed by atoms with Gasteiger partial charge in [0, 0.05) is 12.1 Å². The van der Waals surface area contributed by atoms with Crippen molar-refractivity contribution in [3.63, 3.8) is 0 Å². The van der Waals surface area contributed by atoms with Gasteiger partial charge in [-0.1, -0.05) is 0 Å². The lowest BCUT2D eigenvalue weighted by atomic mass is 10.1. The fraction of sp³-hybridized carbons (Fsp3) is 0.214. The minimum atomic E-state index is -1.11. The summed E-state index contributed by atoms with van der Waals surface area (Å²) in [5.74, 6) is -0.553. The molecule has 1 heterocycles. The normalized spacial score (nSPS) is 11.8. The van der Waals surface area contributed by atoms with Crippen LogP contribution in [0.4, 0.5) is 11.4 Å². The molecule has 0 radical (unpaired) electrons. The second kappa shape index (κ2) is 6.87. The largest absolute Gasteiger partial charge is 0.467 e. The van der Waals surface area contributed by atoms with Crippen LogP contribution in [0.5, 0.6) is 0 Å². The van der Waals surface area contributed by atoms with E-state index in [9.17, 15) is 30.1 Å². The van der Waals surface area contributed by atoms with Crippen LogP contribution in [0.2, 0.25) is 0 Å². The first-order valence-electron chi connectivity index (χ1n) is 6.74. The smallest absolute Gasteiger partial charge is 0.279 e. The topological polar surface area (TPSA) is 149 Å². The summed E-state index contributed by atoms with van der Waals surface area (Å²) in [5, 5.41) is 34.1. The first-order chi connectivity index (χ1) is 11.3. The van der Waals surface area contributed by atoms with Crippen LogP contribution in [-0.4, -0.2) is 27.4 Å². The van der Waals surface area contributed by atoms with Crippen molar-refractivity contribution in [3.8, 4) is 0 Å². The SMILES string of the molecule is Cc1c([N+](=O)[O-])cc(C(=O)NCC(O)c2ccco2)cc1[N+](=O)[O-]. The van der Waals surface area contributed by atoms with Gasteiger partial charge in [-0.3, -0.25) is 25.0 Å². The van der Waals surface area contributed by atoms with Gasteiger partial charge in [-0.2, -0.15) is 0 Å². The molecule has 1 atom stereocenters. The average Bonchev–Trinajstić information content (AvgIpc) is 3.06. The van der Waals surface area contributed by atoms with E-state index in [0.717, 1.165) is 12.1 Å². The maximum absolute atomic E-state index is 12.1. The number of nitro benzene ring substituents is 2. The second-order valence-corrected chi connectivity index (χ2v) is 4.89. The Kier molecular flexibility index (Phi) is 4.90. The molecule has 1 amide bonds. The van der Waals surface area contributed by atoms with Crippen LogP contribution >= 0.6 is 0 Å². The summed E-state index contributed by atoms with van der Waals surface area (Å²) in [4.78, 5) is 32.5. The summed E-state index contributed by atoms with van der Waals surface area (Å²) < 4.78 is 4.97. The number of aliphatic hydroxyl groups is 1. The van der Waals surface area contributed by atoms with Gasteiger partial charge in [-0.15, -0.1) is 0 Å². The molecule has 2 N–H and O–H groups in total. The van der Waals surface area contributed by atoms with Gasteiger partial charge in [-0.25, -0.2) is 0 Å². The van der Waals surface area contributed by atoms with Gasteiger partial charge in [0.15, 0.2) is 0 Å². The van der Waals surface area contributed by atoms with Gasteiger partial charge in [0.05, 0.1) is 28.2 Å². The first kappa shape index (κ1) is 17.1. The predicted octanol–water partition coefficient (Wildman–Crippen LogP) is 1.87. The standard InChI is InChI=1S/C14H13N3O7/c1-8-10(16(20)21)5-9(6-11(8)17(22)23)14(19)15-7-12(18)13-3-2-4-24-13/h2-6,12,18H,7H2,1H3,(H,15,19). The van der Waals surface area contributed by atoms with E-state index in [1.165, 1.54) is 19.3 Å². The molecule has 2 aromatic rings. The van der Waals surface area contributed by atoms with E-state index in [4.69, 9.17) is 4.42 Å². The van der Waals surface area contributed by atoms with Crippen LogP contribution in [0, 0.1) is 27.2 Å². The van der Waals surface area contributed by atoms with Crippen molar-refractivity contribution in [3.05, 3.63) is 67.6 Å². The highest BCUT2D eigenvalue weighted by atomic mass is 16.6. The molecule has 10 heteroatoms. The molecular formula is C14H13N3O7. The molecule has 0 aliphatic carbocycles. The summed E-state index contributed by atoms with van der Waals surface area (Å²) in [5.41, 5.74) is -1.44. The molecule has 1 aromatic heterocycles. The number of hydrogen-bond donors (Lipinski definition) is 2. The molecule has 0 saturated carbocycles. The third kappa shape index (κ3) is 3.55. The van der Waals surface area contributed by atoms with Crippen LogP contribution in [0.15, 0.2) is 34.9 Å². The van der Waals surface area contributed by atoms with Gasteiger partial charge in [0.2, 0.25) is 0 Å². The van der Waals surface area contributed by atoms with E-state index in [0.29, 0.717) is 0 Å². The Balaban J connectivity index is 2.22. The highest BCUT2D eigenvalue weighted by Gasteiger charge is 2.25. The van der Waals surface area contributed by atoms with Crippen molar-refractivity contribution >= 4 is 17.3 Å². The molecule has 0 bridgehead atoms. The fourth-order valence-corrected chi connectivity index (χ4v) is 2.07. The van der Waals surface area contributed by atoms with E-state index in [1.54, 1.807) is 6.07 Å². The Bertz CT molecular complexity index is 751. The predicted molar refractivity (Wildman–Crippen MR) is 80.5 cm³/mol. The van der Waals surface area contributed by atoms with Crippen LogP contribution < -0.4 is 5.32 Å². The molecule has 0 aliphatic rings. The summed E-state index contributed by atoms with van der Waals surface area (Å²) in [7, 11) is 0. The maximum atomic E-state index is 12.1. The van der Waals surface area contributed by atoms with Gasteiger partial charge in [0.1, 0.15) is 17.4 Å². The number of hydrogen-bond acceptors (Lipinski definition) is 7. The molecule has 10 nitrogen and oxygen atoms in total. The molecule has 24 heavy (non-hydrogen) atoms. The highest BCUT2D eigenvalue weighted by Crippen LogP contribution is 2.29. The van der Waals surface area contributed by atoms with Crippen molar-refractivity contribution in [2.24, 2.45) is 0 Å². The number of rotatable bonds is 6. The monoisotopic (exact) mass is 335 g/mol. The van der Waals surface area contributed by atoms with Crippen molar-refractivity contribution in [1.82, 2.24) is 5.32 Å². The number of carbonyl (C=O) groups excluding carboxylic acids is 1. The Labute approximate surface area is 135 Å². The number of furan rings is 1. The minimum absolute atomic E-state index is 0.142. The number of benzene rings is 1. The molecule has 1 unspecified atom stereocenters. The van der Waals surface area contributed by atoms with Crippen molar-refractivity contribution < 1.29 is 24.2 Å². The number of nitro groups is 2. The zero-order valence-electron chi connectivity index (χ0n) is 12.5. The summed E-state index contributed by atoms with van der Waals surface area (Å²) in [6.45, 7) is 1.01. The van der Waals surface area contributed by atoms with Crippen molar-refractivity contribution in [2.45, 2.75) is 13.0 Å². The van der Waals surface area contributed by atoms with E-state index < -0.39 is 33.2 Å². The summed E-state index contributed by atoms with van der Waals surface area (Å²) >= 11 is 0. The Morgan fingerprint density at radius 3 is 2.33 bits per heavy atom. The third-order valence-corrected chi connectivity index (χ3v) is 3.34. The summed E-state index contributed by atoms with van der Waals surface area (Å²) in [6, 6.07) is 4.99.